The quantitative estimate of drug-likeness (QED) is 0.577. The maximum absolute atomic E-state index is 9.62. The molecule has 32 heavy (non-hydrogen) atoms. The van der Waals surface area contributed by atoms with Crippen LogP contribution >= 0.6 is 0 Å². The van der Waals surface area contributed by atoms with Crippen molar-refractivity contribution < 1.29 is 5.11 Å². The SMILES string of the molecule is Cc1ccc(/C(C2=CC=C(N3CCNCC3)[C@H](C)C2)=C(\CCCO)c2ccccc2)cc1. The molecule has 0 saturated carbocycles. The Morgan fingerprint density at radius 3 is 2.34 bits per heavy atom. The zero-order valence-electron chi connectivity index (χ0n) is 19.5. The van der Waals surface area contributed by atoms with Crippen LogP contribution in [0.3, 0.4) is 0 Å². The van der Waals surface area contributed by atoms with Crippen LogP contribution in [0.5, 0.6) is 0 Å². The van der Waals surface area contributed by atoms with Crippen molar-refractivity contribution in [2.24, 2.45) is 5.92 Å². The first kappa shape index (κ1) is 22.6. The lowest BCUT2D eigenvalue weighted by Gasteiger charge is -2.36. The molecular weight excluding hydrogens is 392 g/mol. The third kappa shape index (κ3) is 5.23. The van der Waals surface area contributed by atoms with Gasteiger partial charge in [0.2, 0.25) is 0 Å². The minimum Gasteiger partial charge on any atom is -0.396 e. The summed E-state index contributed by atoms with van der Waals surface area (Å²) >= 11 is 0. The monoisotopic (exact) mass is 428 g/mol. The fraction of sp³-hybridized carbons (Fsp3) is 0.379. The highest BCUT2D eigenvalue weighted by Gasteiger charge is 2.25. The number of piperazine rings is 1. The van der Waals surface area contributed by atoms with Gasteiger partial charge in [0.25, 0.3) is 0 Å². The van der Waals surface area contributed by atoms with E-state index in [9.17, 15) is 5.11 Å². The second kappa shape index (κ2) is 10.8. The molecule has 0 spiro atoms. The van der Waals surface area contributed by atoms with E-state index in [4.69, 9.17) is 0 Å². The van der Waals surface area contributed by atoms with Crippen molar-refractivity contribution in [3.8, 4) is 0 Å². The van der Waals surface area contributed by atoms with Crippen molar-refractivity contribution in [3.05, 3.63) is 94.7 Å². The number of allylic oxidation sites excluding steroid dienone is 6. The standard InChI is InChI=1S/C29H36N2O/c1-22-10-12-25(13-11-22)29(27(9-6-20-32)24-7-4-3-5-8-24)26-14-15-28(23(2)21-26)31-18-16-30-17-19-31/h3-5,7-8,10-15,23,30,32H,6,9,16-21H2,1-2H3/b29-27-/t23-/m1/s1. The number of hydrogen-bond acceptors (Lipinski definition) is 3. The Labute approximate surface area is 193 Å². The van der Waals surface area contributed by atoms with Crippen molar-refractivity contribution in [1.29, 1.82) is 0 Å². The molecular formula is C29H36N2O. The Kier molecular flexibility index (Phi) is 7.62. The molecule has 3 nitrogen and oxygen atoms in total. The number of rotatable bonds is 7. The highest BCUT2D eigenvalue weighted by Crippen LogP contribution is 2.41. The number of aliphatic hydroxyl groups excluding tert-OH is 1. The molecule has 168 valence electrons. The van der Waals surface area contributed by atoms with Crippen LogP contribution in [0, 0.1) is 12.8 Å². The van der Waals surface area contributed by atoms with Gasteiger partial charge in [-0.05, 0) is 60.1 Å². The molecule has 1 fully saturated rings. The van der Waals surface area contributed by atoms with Gasteiger partial charge in [0.15, 0.2) is 0 Å². The summed E-state index contributed by atoms with van der Waals surface area (Å²) in [6, 6.07) is 19.6. The average molecular weight is 429 g/mol. The molecule has 0 radical (unpaired) electrons. The van der Waals surface area contributed by atoms with Crippen LogP contribution in [-0.4, -0.2) is 42.8 Å². The van der Waals surface area contributed by atoms with Crippen LogP contribution < -0.4 is 5.32 Å². The van der Waals surface area contributed by atoms with Gasteiger partial charge in [0, 0.05) is 44.4 Å². The van der Waals surface area contributed by atoms with Crippen molar-refractivity contribution >= 4 is 11.1 Å². The summed E-state index contributed by atoms with van der Waals surface area (Å²) in [7, 11) is 0. The molecule has 2 aromatic rings. The van der Waals surface area contributed by atoms with Crippen LogP contribution in [0.4, 0.5) is 0 Å². The fourth-order valence-corrected chi connectivity index (χ4v) is 4.96. The van der Waals surface area contributed by atoms with E-state index in [0.29, 0.717) is 5.92 Å². The maximum Gasteiger partial charge on any atom is 0.0434 e. The number of benzene rings is 2. The summed E-state index contributed by atoms with van der Waals surface area (Å²) in [6.45, 7) is 9.02. The summed E-state index contributed by atoms with van der Waals surface area (Å²) < 4.78 is 0. The van der Waals surface area contributed by atoms with Gasteiger partial charge in [0.1, 0.15) is 0 Å². The van der Waals surface area contributed by atoms with Gasteiger partial charge in [0.05, 0.1) is 0 Å². The van der Waals surface area contributed by atoms with Crippen molar-refractivity contribution in [1.82, 2.24) is 10.2 Å². The third-order valence-corrected chi connectivity index (χ3v) is 6.64. The first-order valence-electron chi connectivity index (χ1n) is 12.0. The van der Waals surface area contributed by atoms with E-state index in [2.05, 4.69) is 90.8 Å². The number of nitrogens with zero attached hydrogens (tertiary/aromatic N) is 1. The number of hydrogen-bond donors (Lipinski definition) is 2. The van der Waals surface area contributed by atoms with E-state index < -0.39 is 0 Å². The Balaban J connectivity index is 1.82. The van der Waals surface area contributed by atoms with E-state index in [-0.39, 0.29) is 6.61 Å². The lowest BCUT2D eigenvalue weighted by atomic mass is 9.80. The summed E-state index contributed by atoms with van der Waals surface area (Å²) in [6.07, 6.45) is 7.38. The summed E-state index contributed by atoms with van der Waals surface area (Å²) in [5.74, 6) is 0.489. The zero-order chi connectivity index (χ0) is 22.3. The minimum absolute atomic E-state index is 0.208. The van der Waals surface area contributed by atoms with Gasteiger partial charge in [-0.3, -0.25) is 0 Å². The Morgan fingerprint density at radius 2 is 1.69 bits per heavy atom. The smallest absolute Gasteiger partial charge is 0.0434 e. The van der Waals surface area contributed by atoms with Crippen LogP contribution in [-0.2, 0) is 0 Å². The topological polar surface area (TPSA) is 35.5 Å². The average Bonchev–Trinajstić information content (AvgIpc) is 2.84. The first-order chi connectivity index (χ1) is 15.7. The molecule has 1 heterocycles. The molecule has 2 aliphatic rings. The fourth-order valence-electron chi connectivity index (χ4n) is 4.96. The molecule has 0 amide bonds. The zero-order valence-corrected chi connectivity index (χ0v) is 19.5. The van der Waals surface area contributed by atoms with Gasteiger partial charge in [-0.15, -0.1) is 0 Å². The van der Waals surface area contributed by atoms with Crippen molar-refractivity contribution in [2.75, 3.05) is 32.8 Å². The van der Waals surface area contributed by atoms with Crippen LogP contribution in [0.2, 0.25) is 0 Å². The predicted octanol–water partition coefficient (Wildman–Crippen LogP) is 5.43. The normalized spacial score (nSPS) is 19.8. The Morgan fingerprint density at radius 1 is 0.969 bits per heavy atom. The van der Waals surface area contributed by atoms with Gasteiger partial charge in [-0.2, -0.15) is 0 Å². The van der Waals surface area contributed by atoms with Crippen LogP contribution in [0.25, 0.3) is 11.1 Å². The molecule has 0 unspecified atom stereocenters. The van der Waals surface area contributed by atoms with Gasteiger partial charge in [-0.25, -0.2) is 0 Å². The van der Waals surface area contributed by atoms with Crippen molar-refractivity contribution in [3.63, 3.8) is 0 Å². The van der Waals surface area contributed by atoms with E-state index in [1.165, 1.54) is 39.1 Å². The lowest BCUT2D eigenvalue weighted by molar-refractivity contribution is 0.269. The highest BCUT2D eigenvalue weighted by atomic mass is 16.2. The third-order valence-electron chi connectivity index (χ3n) is 6.64. The summed E-state index contributed by atoms with van der Waals surface area (Å²) in [5.41, 5.74) is 9.34. The van der Waals surface area contributed by atoms with E-state index in [1.54, 1.807) is 0 Å². The largest absolute Gasteiger partial charge is 0.396 e. The molecule has 1 aliphatic carbocycles. The predicted molar refractivity (Wildman–Crippen MR) is 135 cm³/mol. The maximum atomic E-state index is 9.62. The number of aliphatic hydroxyl groups is 1. The molecule has 0 bridgehead atoms. The number of aryl methyl sites for hydroxylation is 1. The molecule has 2 aromatic carbocycles. The van der Waals surface area contributed by atoms with Crippen LogP contribution in [0.1, 0.15) is 42.9 Å². The summed E-state index contributed by atoms with van der Waals surface area (Å²) in [5, 5.41) is 13.1. The molecule has 3 heteroatoms. The minimum atomic E-state index is 0.208. The Hall–Kier alpha value is -2.62. The van der Waals surface area contributed by atoms with Crippen LogP contribution in [0.15, 0.2) is 78.0 Å². The van der Waals surface area contributed by atoms with Gasteiger partial charge in [-0.1, -0.05) is 73.2 Å². The Bertz CT molecular complexity index is 980. The second-order valence-electron chi connectivity index (χ2n) is 9.04. The highest BCUT2D eigenvalue weighted by molar-refractivity contribution is 5.98. The molecule has 0 aromatic heterocycles. The lowest BCUT2D eigenvalue weighted by Crippen LogP contribution is -2.44. The molecule has 1 aliphatic heterocycles. The number of nitrogens with one attached hydrogen (secondary N) is 1. The molecule has 2 N–H and O–H groups in total. The molecule has 1 saturated heterocycles. The van der Waals surface area contributed by atoms with Gasteiger partial charge >= 0.3 is 0 Å². The molecule has 4 rings (SSSR count). The second-order valence-corrected chi connectivity index (χ2v) is 9.04. The molecule has 1 atom stereocenters. The van der Waals surface area contributed by atoms with Crippen molar-refractivity contribution in [2.45, 2.75) is 33.1 Å². The van der Waals surface area contributed by atoms with Gasteiger partial charge < -0.3 is 15.3 Å². The summed E-state index contributed by atoms with van der Waals surface area (Å²) in [4.78, 5) is 2.55. The first-order valence-corrected chi connectivity index (χ1v) is 12.0. The van der Waals surface area contributed by atoms with E-state index in [1.807, 2.05) is 0 Å². The van der Waals surface area contributed by atoms with E-state index >= 15 is 0 Å². The van der Waals surface area contributed by atoms with E-state index in [0.717, 1.165) is 45.4 Å².